The highest BCUT2D eigenvalue weighted by molar-refractivity contribution is 6.30. The fraction of sp³-hybridized carbons (Fsp3) is 0.379. The minimum atomic E-state index is -2.88. The first kappa shape index (κ1) is 28.7. The second kappa shape index (κ2) is 12.8. The summed E-state index contributed by atoms with van der Waals surface area (Å²) < 4.78 is 35.2. The Morgan fingerprint density at radius 2 is 1.85 bits per heavy atom. The van der Waals surface area contributed by atoms with Crippen molar-refractivity contribution in [1.29, 1.82) is 0 Å². The van der Waals surface area contributed by atoms with E-state index < -0.39 is 18.0 Å². The van der Waals surface area contributed by atoms with Crippen LogP contribution in [0.5, 0.6) is 0 Å². The number of carbonyl (C=O) groups excluding carboxylic acids is 1. The van der Waals surface area contributed by atoms with Crippen LogP contribution in [0, 0.1) is 5.92 Å². The van der Waals surface area contributed by atoms with E-state index in [-0.39, 0.29) is 28.2 Å². The number of nitrogens with one attached hydrogen (secondary N) is 2. The molecular formula is C29H31ClF2N6O3. The van der Waals surface area contributed by atoms with E-state index in [2.05, 4.69) is 20.6 Å². The number of methoxy groups -OCH3 is 1. The number of ether oxygens (including phenoxy) is 1. The SMILES string of the molecule is COCCNc1ccc(-n2c(=O)n(C[C@H]3CC[C@H](NC(=O)c4cc(Cl)cnc4C(F)F)CC3)c3ccccc32)cn1. The minimum absolute atomic E-state index is 0.123. The molecule has 3 aromatic heterocycles. The van der Waals surface area contributed by atoms with Gasteiger partial charge in [0.15, 0.2) is 0 Å². The molecule has 3 heterocycles. The Balaban J connectivity index is 1.27. The predicted octanol–water partition coefficient (Wildman–Crippen LogP) is 5.22. The molecule has 41 heavy (non-hydrogen) atoms. The van der Waals surface area contributed by atoms with E-state index >= 15 is 0 Å². The molecule has 9 nitrogen and oxygen atoms in total. The fourth-order valence-corrected chi connectivity index (χ4v) is 5.51. The third-order valence-corrected chi connectivity index (χ3v) is 7.62. The van der Waals surface area contributed by atoms with Gasteiger partial charge in [0.05, 0.1) is 40.1 Å². The molecule has 216 valence electrons. The molecule has 1 amide bonds. The first-order chi connectivity index (χ1) is 19.9. The van der Waals surface area contributed by atoms with Crippen molar-refractivity contribution in [1.82, 2.24) is 24.4 Å². The van der Waals surface area contributed by atoms with Gasteiger partial charge in [0.25, 0.3) is 12.3 Å². The van der Waals surface area contributed by atoms with Crippen molar-refractivity contribution < 1.29 is 18.3 Å². The lowest BCUT2D eigenvalue weighted by Crippen LogP contribution is -2.39. The lowest BCUT2D eigenvalue weighted by Gasteiger charge is -2.29. The third kappa shape index (κ3) is 6.41. The van der Waals surface area contributed by atoms with Crippen LogP contribution in [0.4, 0.5) is 14.6 Å². The summed E-state index contributed by atoms with van der Waals surface area (Å²) in [5.74, 6) is 0.310. The number of halogens is 3. The van der Waals surface area contributed by atoms with Crippen LogP contribution in [0.15, 0.2) is 59.7 Å². The average molecular weight is 585 g/mol. The highest BCUT2D eigenvalue weighted by atomic mass is 35.5. The molecule has 0 aliphatic heterocycles. The van der Waals surface area contributed by atoms with E-state index in [1.165, 1.54) is 6.07 Å². The normalized spacial score (nSPS) is 17.2. The number of fused-ring (bicyclic) bond motifs is 1. The molecule has 0 saturated heterocycles. The first-order valence-corrected chi connectivity index (χ1v) is 13.9. The number of para-hydroxylation sites is 2. The number of nitrogens with zero attached hydrogens (tertiary/aromatic N) is 4. The zero-order valence-electron chi connectivity index (χ0n) is 22.5. The molecule has 4 aromatic rings. The summed E-state index contributed by atoms with van der Waals surface area (Å²) in [6, 6.07) is 12.4. The Hall–Kier alpha value is -3.83. The van der Waals surface area contributed by atoms with Crippen molar-refractivity contribution >= 4 is 34.4 Å². The Morgan fingerprint density at radius 1 is 1.10 bits per heavy atom. The Kier molecular flexibility index (Phi) is 8.94. The summed E-state index contributed by atoms with van der Waals surface area (Å²) in [5.41, 5.74) is 1.38. The maximum absolute atomic E-state index is 13.7. The molecule has 12 heteroatoms. The Labute approximate surface area is 240 Å². The van der Waals surface area contributed by atoms with Crippen LogP contribution >= 0.6 is 11.6 Å². The van der Waals surface area contributed by atoms with Crippen LogP contribution in [0.1, 0.15) is 48.2 Å². The number of rotatable bonds is 10. The molecule has 1 fully saturated rings. The zero-order chi connectivity index (χ0) is 28.9. The molecule has 0 bridgehead atoms. The number of carbonyl (C=O) groups is 1. The molecule has 5 rings (SSSR count). The summed E-state index contributed by atoms with van der Waals surface area (Å²) >= 11 is 5.90. The second-order valence-electron chi connectivity index (χ2n) is 10.1. The van der Waals surface area contributed by atoms with Gasteiger partial charge in [-0.2, -0.15) is 0 Å². The molecule has 1 aliphatic carbocycles. The number of pyridine rings is 2. The maximum atomic E-state index is 13.7. The fourth-order valence-electron chi connectivity index (χ4n) is 5.35. The summed E-state index contributed by atoms with van der Waals surface area (Å²) in [6.07, 6.45) is 2.79. The smallest absolute Gasteiger partial charge is 0.333 e. The van der Waals surface area contributed by atoms with Gasteiger partial charge in [0.2, 0.25) is 0 Å². The quantitative estimate of drug-likeness (QED) is 0.248. The maximum Gasteiger partial charge on any atom is 0.333 e. The minimum Gasteiger partial charge on any atom is -0.383 e. The number of aromatic nitrogens is 4. The molecule has 0 radical (unpaired) electrons. The van der Waals surface area contributed by atoms with Crippen LogP contribution in [0.2, 0.25) is 5.02 Å². The molecule has 1 saturated carbocycles. The van der Waals surface area contributed by atoms with Crippen LogP contribution in [-0.2, 0) is 11.3 Å². The molecular weight excluding hydrogens is 554 g/mol. The number of hydrogen-bond acceptors (Lipinski definition) is 6. The number of amides is 1. The van der Waals surface area contributed by atoms with Gasteiger partial charge in [-0.15, -0.1) is 0 Å². The van der Waals surface area contributed by atoms with Gasteiger partial charge in [-0.25, -0.2) is 18.6 Å². The Bertz CT molecular complexity index is 1570. The van der Waals surface area contributed by atoms with E-state index in [1.54, 1.807) is 22.4 Å². The van der Waals surface area contributed by atoms with Crippen LogP contribution < -0.4 is 16.3 Å². The van der Waals surface area contributed by atoms with Crippen LogP contribution in [0.25, 0.3) is 16.7 Å². The van der Waals surface area contributed by atoms with E-state index in [0.717, 1.165) is 30.1 Å². The number of anilines is 1. The van der Waals surface area contributed by atoms with Gasteiger partial charge in [-0.3, -0.25) is 18.9 Å². The molecule has 1 aliphatic rings. The average Bonchev–Trinajstić information content (AvgIpc) is 3.25. The van der Waals surface area contributed by atoms with Crippen molar-refractivity contribution in [3.05, 3.63) is 81.6 Å². The summed E-state index contributed by atoms with van der Waals surface area (Å²) in [4.78, 5) is 34.5. The molecule has 0 spiro atoms. The number of imidazole rings is 1. The van der Waals surface area contributed by atoms with E-state index in [4.69, 9.17) is 16.3 Å². The van der Waals surface area contributed by atoms with Gasteiger partial charge in [0, 0.05) is 32.4 Å². The van der Waals surface area contributed by atoms with Crippen molar-refractivity contribution in [2.24, 2.45) is 5.92 Å². The Morgan fingerprint density at radius 3 is 2.54 bits per heavy atom. The number of benzene rings is 1. The molecule has 0 unspecified atom stereocenters. The largest absolute Gasteiger partial charge is 0.383 e. The van der Waals surface area contributed by atoms with Crippen molar-refractivity contribution in [2.75, 3.05) is 25.6 Å². The van der Waals surface area contributed by atoms with Gasteiger partial charge in [-0.1, -0.05) is 23.7 Å². The number of alkyl halides is 2. The van der Waals surface area contributed by atoms with Gasteiger partial charge < -0.3 is 15.4 Å². The standard InChI is InChI=1S/C29H31ClF2N6O3/c1-41-13-12-33-25-11-10-21(16-34-25)38-24-5-3-2-4-23(24)37(29(38)40)17-18-6-8-20(9-7-18)36-28(39)22-14-19(30)15-35-26(22)27(31)32/h2-5,10-11,14-16,18,20,27H,6-9,12-13,17H2,1H3,(H,33,34)(H,36,39)/t18-,20-. The molecule has 2 N–H and O–H groups in total. The van der Waals surface area contributed by atoms with Crippen molar-refractivity contribution in [3.63, 3.8) is 0 Å². The summed E-state index contributed by atoms with van der Waals surface area (Å²) in [7, 11) is 1.64. The monoisotopic (exact) mass is 584 g/mol. The van der Waals surface area contributed by atoms with Crippen LogP contribution in [0.3, 0.4) is 0 Å². The van der Waals surface area contributed by atoms with E-state index in [9.17, 15) is 18.4 Å². The lowest BCUT2D eigenvalue weighted by atomic mass is 9.85. The first-order valence-electron chi connectivity index (χ1n) is 13.5. The highest BCUT2D eigenvalue weighted by Gasteiger charge is 2.27. The van der Waals surface area contributed by atoms with Gasteiger partial charge in [0.1, 0.15) is 11.5 Å². The topological polar surface area (TPSA) is 103 Å². The molecule has 1 aromatic carbocycles. The van der Waals surface area contributed by atoms with Gasteiger partial charge >= 0.3 is 5.69 Å². The third-order valence-electron chi connectivity index (χ3n) is 7.41. The molecule has 0 atom stereocenters. The summed E-state index contributed by atoms with van der Waals surface area (Å²) in [6.45, 7) is 1.72. The summed E-state index contributed by atoms with van der Waals surface area (Å²) in [5, 5.41) is 6.16. The van der Waals surface area contributed by atoms with Crippen LogP contribution in [-0.4, -0.2) is 51.3 Å². The van der Waals surface area contributed by atoms with Gasteiger partial charge in [-0.05, 0) is 61.9 Å². The lowest BCUT2D eigenvalue weighted by molar-refractivity contribution is 0.0904. The van der Waals surface area contributed by atoms with Crippen molar-refractivity contribution in [2.45, 2.75) is 44.7 Å². The predicted molar refractivity (Wildman–Crippen MR) is 153 cm³/mol. The highest BCUT2D eigenvalue weighted by Crippen LogP contribution is 2.29. The van der Waals surface area contributed by atoms with E-state index in [0.29, 0.717) is 44.0 Å². The van der Waals surface area contributed by atoms with E-state index in [1.807, 2.05) is 36.4 Å². The number of hydrogen-bond donors (Lipinski definition) is 2. The van der Waals surface area contributed by atoms with Crippen molar-refractivity contribution in [3.8, 4) is 5.69 Å². The second-order valence-corrected chi connectivity index (χ2v) is 10.6. The zero-order valence-corrected chi connectivity index (χ0v) is 23.3.